The highest BCUT2D eigenvalue weighted by Crippen LogP contribution is 2.31. The molecule has 7 nitrogen and oxygen atoms in total. The Kier molecular flexibility index (Phi) is 5.32. The standard InChI is InChI=1S/C25H20ClN5O2/c1-15(29-23-19(13-28-25(27)30-23)17-10-11-33-14-17)21-12-16-6-5-9-20(26)22(16)24(32)31(21)18-7-3-2-4-8-18/h2-15H,1H3,(H3,27,28,29,30). The number of furan rings is 1. The summed E-state index contributed by atoms with van der Waals surface area (Å²) in [6.07, 6.45) is 4.84. The van der Waals surface area contributed by atoms with Gasteiger partial charge in [0.1, 0.15) is 5.82 Å². The third kappa shape index (κ3) is 3.83. The van der Waals surface area contributed by atoms with Crippen LogP contribution in [0, 0.1) is 0 Å². The summed E-state index contributed by atoms with van der Waals surface area (Å²) < 4.78 is 6.90. The van der Waals surface area contributed by atoms with E-state index in [1.807, 2.05) is 61.5 Å². The van der Waals surface area contributed by atoms with Crippen LogP contribution in [0.15, 0.2) is 88.6 Å². The number of nitrogens with two attached hydrogens (primary N) is 1. The van der Waals surface area contributed by atoms with E-state index in [9.17, 15) is 4.79 Å². The minimum atomic E-state index is -0.318. The molecule has 0 amide bonds. The number of aromatic nitrogens is 3. The molecule has 2 aromatic carbocycles. The van der Waals surface area contributed by atoms with Crippen LogP contribution in [0.1, 0.15) is 18.7 Å². The summed E-state index contributed by atoms with van der Waals surface area (Å²) in [7, 11) is 0. The van der Waals surface area contributed by atoms with Crippen molar-refractivity contribution >= 4 is 34.1 Å². The normalized spacial score (nSPS) is 12.1. The van der Waals surface area contributed by atoms with Crippen LogP contribution in [0.2, 0.25) is 5.02 Å². The fourth-order valence-corrected chi connectivity index (χ4v) is 4.18. The molecule has 0 saturated heterocycles. The van der Waals surface area contributed by atoms with Crippen molar-refractivity contribution in [2.24, 2.45) is 0 Å². The Labute approximate surface area is 194 Å². The highest BCUT2D eigenvalue weighted by molar-refractivity contribution is 6.35. The number of fused-ring (bicyclic) bond motifs is 1. The van der Waals surface area contributed by atoms with Gasteiger partial charge in [-0.3, -0.25) is 9.36 Å². The number of nitrogens with one attached hydrogen (secondary N) is 1. The number of benzene rings is 2. The lowest BCUT2D eigenvalue weighted by Crippen LogP contribution is -2.26. The van der Waals surface area contributed by atoms with Crippen LogP contribution in [-0.2, 0) is 0 Å². The van der Waals surface area contributed by atoms with E-state index in [4.69, 9.17) is 21.8 Å². The van der Waals surface area contributed by atoms with E-state index in [1.54, 1.807) is 29.4 Å². The predicted molar refractivity (Wildman–Crippen MR) is 131 cm³/mol. The largest absolute Gasteiger partial charge is 0.472 e. The quantitative estimate of drug-likeness (QED) is 0.364. The molecule has 5 rings (SSSR count). The van der Waals surface area contributed by atoms with Gasteiger partial charge in [0.2, 0.25) is 5.95 Å². The van der Waals surface area contributed by atoms with Gasteiger partial charge in [-0.15, -0.1) is 0 Å². The molecule has 33 heavy (non-hydrogen) atoms. The maximum atomic E-state index is 13.6. The average molecular weight is 458 g/mol. The summed E-state index contributed by atoms with van der Waals surface area (Å²) in [6.45, 7) is 1.96. The van der Waals surface area contributed by atoms with Crippen LogP contribution in [-0.4, -0.2) is 14.5 Å². The van der Waals surface area contributed by atoms with E-state index in [0.717, 1.165) is 27.9 Å². The summed E-state index contributed by atoms with van der Waals surface area (Å²) in [5.74, 6) is 0.678. The second-order valence-electron chi connectivity index (χ2n) is 7.62. The Balaban J connectivity index is 1.68. The number of para-hydroxylation sites is 1. The lowest BCUT2D eigenvalue weighted by molar-refractivity contribution is 0.568. The lowest BCUT2D eigenvalue weighted by atomic mass is 10.1. The molecule has 0 aliphatic carbocycles. The Hall–Kier alpha value is -4.10. The summed E-state index contributed by atoms with van der Waals surface area (Å²) in [4.78, 5) is 22.2. The topological polar surface area (TPSA) is 99.0 Å². The van der Waals surface area contributed by atoms with Gasteiger partial charge >= 0.3 is 0 Å². The van der Waals surface area contributed by atoms with Gasteiger partial charge in [0.05, 0.1) is 29.0 Å². The second-order valence-corrected chi connectivity index (χ2v) is 8.03. The molecule has 0 bridgehead atoms. The molecule has 3 aromatic heterocycles. The van der Waals surface area contributed by atoms with Gasteiger partial charge in [-0.25, -0.2) is 4.98 Å². The first-order valence-corrected chi connectivity index (χ1v) is 10.7. The van der Waals surface area contributed by atoms with Gasteiger partial charge in [-0.2, -0.15) is 4.98 Å². The number of nitrogens with zero attached hydrogens (tertiary/aromatic N) is 3. The highest BCUT2D eigenvalue weighted by Gasteiger charge is 2.20. The van der Waals surface area contributed by atoms with Crippen molar-refractivity contribution in [3.8, 4) is 16.8 Å². The lowest BCUT2D eigenvalue weighted by Gasteiger charge is -2.22. The van der Waals surface area contributed by atoms with E-state index in [2.05, 4.69) is 15.3 Å². The van der Waals surface area contributed by atoms with E-state index < -0.39 is 0 Å². The van der Waals surface area contributed by atoms with Crippen LogP contribution in [0.25, 0.3) is 27.6 Å². The molecule has 1 atom stereocenters. The smallest absolute Gasteiger partial charge is 0.264 e. The Morgan fingerprint density at radius 1 is 1.12 bits per heavy atom. The van der Waals surface area contributed by atoms with Gasteiger partial charge in [0, 0.05) is 28.7 Å². The fourth-order valence-electron chi connectivity index (χ4n) is 3.92. The number of nitrogen functional groups attached to an aromatic ring is 1. The number of hydrogen-bond acceptors (Lipinski definition) is 6. The molecule has 0 fully saturated rings. The Morgan fingerprint density at radius 3 is 2.70 bits per heavy atom. The van der Waals surface area contributed by atoms with Crippen molar-refractivity contribution in [2.45, 2.75) is 13.0 Å². The van der Waals surface area contributed by atoms with Crippen LogP contribution in [0.4, 0.5) is 11.8 Å². The molecule has 3 heterocycles. The third-order valence-electron chi connectivity index (χ3n) is 5.48. The van der Waals surface area contributed by atoms with Crippen molar-refractivity contribution in [1.82, 2.24) is 14.5 Å². The Morgan fingerprint density at radius 2 is 1.94 bits per heavy atom. The van der Waals surface area contributed by atoms with Crippen LogP contribution in [0.5, 0.6) is 0 Å². The summed E-state index contributed by atoms with van der Waals surface area (Å²) >= 11 is 6.41. The molecular weight excluding hydrogens is 438 g/mol. The predicted octanol–water partition coefficient (Wildman–Crippen LogP) is 5.45. The molecule has 0 saturated carbocycles. The van der Waals surface area contributed by atoms with Crippen molar-refractivity contribution in [2.75, 3.05) is 11.1 Å². The monoisotopic (exact) mass is 457 g/mol. The van der Waals surface area contributed by atoms with Crippen LogP contribution in [0.3, 0.4) is 0 Å². The van der Waals surface area contributed by atoms with Crippen molar-refractivity contribution < 1.29 is 4.42 Å². The molecule has 0 spiro atoms. The first kappa shape index (κ1) is 20.8. The van der Waals surface area contributed by atoms with Gasteiger partial charge < -0.3 is 15.5 Å². The zero-order valence-electron chi connectivity index (χ0n) is 17.7. The molecule has 1 unspecified atom stereocenters. The number of rotatable bonds is 5. The first-order valence-electron chi connectivity index (χ1n) is 10.3. The molecule has 164 valence electrons. The fraction of sp³-hybridized carbons (Fsp3) is 0.0800. The molecule has 5 aromatic rings. The SMILES string of the molecule is CC(Nc1nc(N)ncc1-c1ccoc1)c1cc2cccc(Cl)c2c(=O)n1-c1ccccc1. The minimum absolute atomic E-state index is 0.141. The Bertz CT molecular complexity index is 1500. The van der Waals surface area contributed by atoms with E-state index in [1.165, 1.54) is 0 Å². The molecule has 3 N–H and O–H groups in total. The van der Waals surface area contributed by atoms with Gasteiger partial charge in [0.25, 0.3) is 5.56 Å². The van der Waals surface area contributed by atoms with Gasteiger partial charge in [-0.05, 0) is 42.6 Å². The zero-order chi connectivity index (χ0) is 22.9. The van der Waals surface area contributed by atoms with E-state index in [-0.39, 0.29) is 17.5 Å². The maximum Gasteiger partial charge on any atom is 0.264 e. The van der Waals surface area contributed by atoms with Crippen molar-refractivity contribution in [3.05, 3.63) is 100 Å². The molecule has 8 heteroatoms. The summed E-state index contributed by atoms with van der Waals surface area (Å²) in [6, 6.07) is 18.4. The number of halogens is 1. The molecule has 0 radical (unpaired) electrons. The average Bonchev–Trinajstić information content (AvgIpc) is 3.34. The number of hydrogen-bond donors (Lipinski definition) is 2. The number of anilines is 2. The van der Waals surface area contributed by atoms with Gasteiger partial charge in [-0.1, -0.05) is 41.9 Å². The second kappa shape index (κ2) is 8.44. The summed E-state index contributed by atoms with van der Waals surface area (Å²) in [5, 5.41) is 5.06. The van der Waals surface area contributed by atoms with E-state index in [0.29, 0.717) is 16.2 Å². The van der Waals surface area contributed by atoms with Crippen molar-refractivity contribution in [3.63, 3.8) is 0 Å². The summed E-state index contributed by atoms with van der Waals surface area (Å²) in [5.41, 5.74) is 8.73. The van der Waals surface area contributed by atoms with Gasteiger partial charge in [0.15, 0.2) is 0 Å². The minimum Gasteiger partial charge on any atom is -0.472 e. The van der Waals surface area contributed by atoms with Crippen molar-refractivity contribution in [1.29, 1.82) is 0 Å². The zero-order valence-corrected chi connectivity index (χ0v) is 18.5. The third-order valence-corrected chi connectivity index (χ3v) is 5.79. The van der Waals surface area contributed by atoms with Crippen LogP contribution >= 0.6 is 11.6 Å². The van der Waals surface area contributed by atoms with Crippen LogP contribution < -0.4 is 16.6 Å². The molecular formula is C25H20ClN5O2. The molecule has 0 aliphatic rings. The number of pyridine rings is 1. The highest BCUT2D eigenvalue weighted by atomic mass is 35.5. The molecule has 0 aliphatic heterocycles. The van der Waals surface area contributed by atoms with E-state index >= 15 is 0 Å². The maximum absolute atomic E-state index is 13.6. The first-order chi connectivity index (χ1) is 16.0.